The van der Waals surface area contributed by atoms with Crippen molar-refractivity contribution >= 4 is 0 Å². The van der Waals surface area contributed by atoms with Gasteiger partial charge in [0.05, 0.1) is 6.10 Å². The van der Waals surface area contributed by atoms with Gasteiger partial charge >= 0.3 is 0 Å². The molecule has 0 bridgehead atoms. The molecule has 104 valence electrons. The molecule has 17 heavy (non-hydrogen) atoms. The minimum atomic E-state index is 0.0160. The maximum absolute atomic E-state index is 7.98. The molecule has 0 aliphatic heterocycles. The molecule has 0 radical (unpaired) electrons. The third kappa shape index (κ3) is 12.1. The van der Waals surface area contributed by atoms with E-state index in [1.54, 1.807) is 0 Å². The van der Waals surface area contributed by atoms with Crippen molar-refractivity contribution in [3.8, 4) is 0 Å². The summed E-state index contributed by atoms with van der Waals surface area (Å²) in [5.41, 5.74) is 0. The average Bonchev–Trinajstić information content (AvgIpc) is 2.36. The van der Waals surface area contributed by atoms with Crippen LogP contribution >= 0.6 is 0 Å². The van der Waals surface area contributed by atoms with Gasteiger partial charge in [-0.05, 0) is 22.9 Å². The van der Waals surface area contributed by atoms with E-state index >= 15 is 0 Å². The first kappa shape index (κ1) is 16.8. The molecule has 4 nitrogen and oxygen atoms in total. The van der Waals surface area contributed by atoms with Gasteiger partial charge in [0.1, 0.15) is 0 Å². The molecule has 0 fully saturated rings. The van der Waals surface area contributed by atoms with E-state index in [4.69, 9.17) is 10.1 Å². The molecular formula is C13H28O4. The van der Waals surface area contributed by atoms with Crippen LogP contribution in [0.15, 0.2) is 0 Å². The van der Waals surface area contributed by atoms with Crippen LogP contribution in [-0.4, -0.2) is 11.4 Å². The zero-order valence-corrected chi connectivity index (χ0v) is 11.3. The van der Waals surface area contributed by atoms with E-state index in [-0.39, 0.29) is 6.10 Å². The largest absolute Gasteiger partial charge is 0.219 e. The first-order chi connectivity index (χ1) is 8.35. The Balaban J connectivity index is 3.19. The van der Waals surface area contributed by atoms with Gasteiger partial charge in [0, 0.05) is 0 Å². The number of hydrogen-bond donors (Lipinski definition) is 1. The first-order valence-electron chi connectivity index (χ1n) is 6.98. The Labute approximate surface area is 105 Å². The fraction of sp³-hybridized carbons (Fsp3) is 1.00. The fourth-order valence-electron chi connectivity index (χ4n) is 1.90. The molecule has 1 N–H and O–H groups in total. The maximum atomic E-state index is 7.98. The summed E-state index contributed by atoms with van der Waals surface area (Å²) in [5, 5.41) is 15.5. The van der Waals surface area contributed by atoms with Crippen LogP contribution in [0.4, 0.5) is 0 Å². The Hall–Kier alpha value is -0.160. The SMILES string of the molecule is CCCCCCCCCCC(CC)OOOO. The third-order valence-electron chi connectivity index (χ3n) is 3.04. The van der Waals surface area contributed by atoms with Gasteiger partial charge in [0.2, 0.25) is 0 Å². The van der Waals surface area contributed by atoms with Crippen molar-refractivity contribution in [3.63, 3.8) is 0 Å². The third-order valence-corrected chi connectivity index (χ3v) is 3.04. The van der Waals surface area contributed by atoms with Crippen molar-refractivity contribution in [2.45, 2.75) is 84.2 Å². The second kappa shape index (κ2) is 13.9. The van der Waals surface area contributed by atoms with Crippen LogP contribution in [0, 0.1) is 0 Å². The second-order valence-corrected chi connectivity index (χ2v) is 4.53. The monoisotopic (exact) mass is 248 g/mol. The molecule has 0 rings (SSSR count). The summed E-state index contributed by atoms with van der Waals surface area (Å²) >= 11 is 0. The fourth-order valence-corrected chi connectivity index (χ4v) is 1.90. The van der Waals surface area contributed by atoms with Crippen molar-refractivity contribution < 1.29 is 20.2 Å². The van der Waals surface area contributed by atoms with Crippen LogP contribution in [-0.2, 0) is 15.0 Å². The van der Waals surface area contributed by atoms with Crippen LogP contribution in [0.2, 0.25) is 0 Å². The second-order valence-electron chi connectivity index (χ2n) is 4.53. The number of rotatable bonds is 13. The van der Waals surface area contributed by atoms with Crippen LogP contribution in [0.1, 0.15) is 78.1 Å². The Bertz CT molecular complexity index is 141. The van der Waals surface area contributed by atoms with E-state index in [2.05, 4.69) is 17.0 Å². The van der Waals surface area contributed by atoms with Gasteiger partial charge in [-0.1, -0.05) is 65.2 Å². The summed E-state index contributed by atoms with van der Waals surface area (Å²) in [6, 6.07) is 0. The summed E-state index contributed by atoms with van der Waals surface area (Å²) < 4.78 is 0. The van der Waals surface area contributed by atoms with Gasteiger partial charge in [0.25, 0.3) is 0 Å². The lowest BCUT2D eigenvalue weighted by molar-refractivity contribution is -0.631. The quantitative estimate of drug-likeness (QED) is 0.293. The van der Waals surface area contributed by atoms with E-state index in [0.717, 1.165) is 19.3 Å². The van der Waals surface area contributed by atoms with Gasteiger partial charge in [0.15, 0.2) is 0 Å². The average molecular weight is 248 g/mol. The molecule has 0 heterocycles. The molecule has 0 amide bonds. The van der Waals surface area contributed by atoms with Gasteiger partial charge in [-0.25, -0.2) is 10.1 Å². The molecule has 0 aliphatic rings. The van der Waals surface area contributed by atoms with E-state index < -0.39 is 0 Å². The van der Waals surface area contributed by atoms with Crippen LogP contribution in [0.5, 0.6) is 0 Å². The Morgan fingerprint density at radius 1 is 0.882 bits per heavy atom. The molecule has 0 aromatic heterocycles. The zero-order chi connectivity index (χ0) is 12.8. The molecule has 1 atom stereocenters. The Morgan fingerprint density at radius 2 is 1.47 bits per heavy atom. The predicted octanol–water partition coefficient (Wildman–Crippen LogP) is 4.65. The zero-order valence-electron chi connectivity index (χ0n) is 11.3. The molecule has 0 saturated carbocycles. The van der Waals surface area contributed by atoms with Crippen molar-refractivity contribution in [2.24, 2.45) is 0 Å². The summed E-state index contributed by atoms with van der Waals surface area (Å²) in [6.07, 6.45) is 12.3. The van der Waals surface area contributed by atoms with Crippen molar-refractivity contribution in [2.75, 3.05) is 0 Å². The lowest BCUT2D eigenvalue weighted by Crippen LogP contribution is -2.11. The predicted molar refractivity (Wildman–Crippen MR) is 67.2 cm³/mol. The molecule has 0 aromatic rings. The molecule has 0 aromatic carbocycles. The van der Waals surface area contributed by atoms with Gasteiger partial charge in [-0.3, -0.25) is 0 Å². The molecule has 0 spiro atoms. The van der Waals surface area contributed by atoms with Crippen molar-refractivity contribution in [1.29, 1.82) is 0 Å². The summed E-state index contributed by atoms with van der Waals surface area (Å²) in [7, 11) is 0. The molecule has 4 heteroatoms. The number of hydrogen-bond acceptors (Lipinski definition) is 4. The van der Waals surface area contributed by atoms with E-state index in [0.29, 0.717) is 0 Å². The van der Waals surface area contributed by atoms with Gasteiger partial charge < -0.3 is 0 Å². The summed E-state index contributed by atoms with van der Waals surface area (Å²) in [4.78, 5) is 4.83. The summed E-state index contributed by atoms with van der Waals surface area (Å²) in [6.45, 7) is 4.26. The Morgan fingerprint density at radius 3 is 2.00 bits per heavy atom. The van der Waals surface area contributed by atoms with Crippen LogP contribution in [0.25, 0.3) is 0 Å². The normalized spacial score (nSPS) is 12.9. The van der Waals surface area contributed by atoms with Crippen molar-refractivity contribution in [3.05, 3.63) is 0 Å². The lowest BCUT2D eigenvalue weighted by Gasteiger charge is -2.11. The van der Waals surface area contributed by atoms with E-state index in [1.165, 1.54) is 44.9 Å². The highest BCUT2D eigenvalue weighted by Crippen LogP contribution is 2.13. The molecule has 1 unspecified atom stereocenters. The highest BCUT2D eigenvalue weighted by atomic mass is 17.6. The van der Waals surface area contributed by atoms with Crippen LogP contribution < -0.4 is 0 Å². The van der Waals surface area contributed by atoms with E-state index in [9.17, 15) is 0 Å². The first-order valence-corrected chi connectivity index (χ1v) is 6.98. The maximum Gasteiger partial charge on any atom is 0.0959 e. The molecule has 0 saturated heterocycles. The van der Waals surface area contributed by atoms with Gasteiger partial charge in [-0.2, -0.15) is 0 Å². The number of unbranched alkanes of at least 4 members (excludes halogenated alkanes) is 7. The summed E-state index contributed by atoms with van der Waals surface area (Å²) in [5.74, 6) is 0. The molecular weight excluding hydrogens is 220 g/mol. The van der Waals surface area contributed by atoms with Crippen molar-refractivity contribution in [1.82, 2.24) is 0 Å². The Kier molecular flexibility index (Phi) is 13.8. The molecule has 0 aliphatic carbocycles. The highest BCUT2D eigenvalue weighted by Gasteiger charge is 2.07. The lowest BCUT2D eigenvalue weighted by atomic mass is 10.0. The highest BCUT2D eigenvalue weighted by molar-refractivity contribution is 4.54. The smallest absolute Gasteiger partial charge is 0.0959 e. The minimum absolute atomic E-state index is 0.0160. The van der Waals surface area contributed by atoms with Gasteiger partial charge in [-0.15, -0.1) is 0 Å². The standard InChI is InChI=1S/C13H28O4/c1-3-5-6-7-8-9-10-11-12-13(4-2)15-17-16-14/h13-14H,3-12H2,1-2H3. The van der Waals surface area contributed by atoms with E-state index in [1.807, 2.05) is 6.92 Å². The minimum Gasteiger partial charge on any atom is -0.219 e. The van der Waals surface area contributed by atoms with Crippen LogP contribution in [0.3, 0.4) is 0 Å². The topological polar surface area (TPSA) is 47.9 Å².